The Morgan fingerprint density at radius 1 is 0.951 bits per heavy atom. The molecule has 2 heterocycles. The van der Waals surface area contributed by atoms with Gasteiger partial charge in [-0.25, -0.2) is 13.8 Å². The maximum absolute atomic E-state index is 14.1. The highest BCUT2D eigenvalue weighted by atomic mass is 35.5. The molecule has 0 saturated heterocycles. The molecule has 0 bridgehead atoms. The molecule has 1 aliphatic rings. The maximum Gasteiger partial charge on any atom is 0.416 e. The van der Waals surface area contributed by atoms with Gasteiger partial charge in [-0.3, -0.25) is 9.59 Å². The normalized spacial score (nSPS) is 14.5. The van der Waals surface area contributed by atoms with Crippen LogP contribution in [0.2, 0.25) is 5.02 Å². The van der Waals surface area contributed by atoms with E-state index in [0.29, 0.717) is 24.4 Å². The second-order valence-corrected chi connectivity index (χ2v) is 9.67. The largest absolute Gasteiger partial charge is 0.416 e. The van der Waals surface area contributed by atoms with E-state index < -0.39 is 46.8 Å². The van der Waals surface area contributed by atoms with Crippen LogP contribution in [0.1, 0.15) is 54.8 Å². The van der Waals surface area contributed by atoms with Crippen molar-refractivity contribution in [3.63, 3.8) is 0 Å². The van der Waals surface area contributed by atoms with Crippen molar-refractivity contribution in [3.05, 3.63) is 129 Å². The van der Waals surface area contributed by atoms with Gasteiger partial charge in [-0.2, -0.15) is 13.2 Å². The minimum atomic E-state index is -4.89. The first-order valence-corrected chi connectivity index (χ1v) is 12.6. The fourth-order valence-electron chi connectivity index (χ4n) is 4.52. The number of hydrogen-bond acceptors (Lipinski definition) is 4. The summed E-state index contributed by atoms with van der Waals surface area (Å²) in [7, 11) is 0. The van der Waals surface area contributed by atoms with Crippen LogP contribution < -0.4 is 16.0 Å². The number of halogens is 6. The van der Waals surface area contributed by atoms with Crippen LogP contribution in [-0.4, -0.2) is 16.8 Å². The molecule has 3 N–H and O–H groups in total. The summed E-state index contributed by atoms with van der Waals surface area (Å²) in [5.41, 5.74) is -0.387. The Morgan fingerprint density at radius 2 is 1.71 bits per heavy atom. The minimum Gasteiger partial charge on any atom is -0.340 e. The van der Waals surface area contributed by atoms with Crippen molar-refractivity contribution >= 4 is 29.1 Å². The predicted octanol–water partition coefficient (Wildman–Crippen LogP) is 6.41. The lowest BCUT2D eigenvalue weighted by Crippen LogP contribution is -2.21. The van der Waals surface area contributed by atoms with Crippen LogP contribution in [0.25, 0.3) is 0 Å². The number of fused-ring (bicyclic) bond motifs is 1. The van der Waals surface area contributed by atoms with Gasteiger partial charge in [-0.1, -0.05) is 41.9 Å². The van der Waals surface area contributed by atoms with Crippen molar-refractivity contribution in [1.29, 1.82) is 0 Å². The van der Waals surface area contributed by atoms with Crippen molar-refractivity contribution < 1.29 is 31.5 Å². The Bertz CT molecular complexity index is 1650. The lowest BCUT2D eigenvalue weighted by atomic mass is 9.98. The number of carbonyl (C=O) groups excluding carboxylic acids is 2. The van der Waals surface area contributed by atoms with Gasteiger partial charge in [0, 0.05) is 34.8 Å². The van der Waals surface area contributed by atoms with Gasteiger partial charge in [0.2, 0.25) is 0 Å². The standard InChI is InChI=1S/C29H20ClF5N4O2/c30-22-7-6-18(31)11-21(22)25-24-23(38-27(40)16-8-17(29(33,34)35)10-19(32)9-16)12-20(37-26(24)28(41)39-25)14-36-13-15-4-2-1-3-5-15/h1-12,25,36H,13-14H2,(H,39,41)(H,37,38,40). The van der Waals surface area contributed by atoms with Gasteiger partial charge in [0.05, 0.1) is 23.0 Å². The first-order chi connectivity index (χ1) is 19.5. The summed E-state index contributed by atoms with van der Waals surface area (Å²) in [4.78, 5) is 30.5. The lowest BCUT2D eigenvalue weighted by Gasteiger charge is -2.19. The number of hydrogen-bond donors (Lipinski definition) is 3. The highest BCUT2D eigenvalue weighted by Crippen LogP contribution is 2.39. The van der Waals surface area contributed by atoms with Crippen LogP contribution in [0, 0.1) is 11.6 Å². The van der Waals surface area contributed by atoms with E-state index in [1.807, 2.05) is 30.3 Å². The summed E-state index contributed by atoms with van der Waals surface area (Å²) < 4.78 is 67.9. The van der Waals surface area contributed by atoms with Gasteiger partial charge in [0.15, 0.2) is 0 Å². The smallest absolute Gasteiger partial charge is 0.340 e. The Morgan fingerprint density at radius 3 is 2.44 bits per heavy atom. The number of alkyl halides is 3. The minimum absolute atomic E-state index is 0.0120. The average molecular weight is 587 g/mol. The van der Waals surface area contributed by atoms with Gasteiger partial charge < -0.3 is 16.0 Å². The number of pyridine rings is 1. The summed E-state index contributed by atoms with van der Waals surface area (Å²) in [5.74, 6) is -3.57. The third-order valence-electron chi connectivity index (χ3n) is 6.37. The fraction of sp³-hybridized carbons (Fsp3) is 0.138. The van der Waals surface area contributed by atoms with Crippen molar-refractivity contribution in [2.24, 2.45) is 0 Å². The summed E-state index contributed by atoms with van der Waals surface area (Å²) >= 11 is 6.30. The lowest BCUT2D eigenvalue weighted by molar-refractivity contribution is -0.137. The van der Waals surface area contributed by atoms with Gasteiger partial charge in [0.25, 0.3) is 11.8 Å². The Hall–Kier alpha value is -4.35. The number of carbonyl (C=O) groups is 2. The van der Waals surface area contributed by atoms with Crippen molar-refractivity contribution in [3.8, 4) is 0 Å². The number of rotatable bonds is 7. The molecular weight excluding hydrogens is 567 g/mol. The second kappa shape index (κ2) is 11.3. The first-order valence-electron chi connectivity index (χ1n) is 12.2. The molecule has 0 saturated carbocycles. The molecule has 4 aromatic rings. The third-order valence-corrected chi connectivity index (χ3v) is 6.72. The van der Waals surface area contributed by atoms with Crippen molar-refractivity contribution in [2.45, 2.75) is 25.3 Å². The highest BCUT2D eigenvalue weighted by molar-refractivity contribution is 6.31. The van der Waals surface area contributed by atoms with Gasteiger partial charge in [-0.15, -0.1) is 0 Å². The molecule has 12 heteroatoms. The maximum atomic E-state index is 14.1. The van der Waals surface area contributed by atoms with E-state index in [1.165, 1.54) is 12.1 Å². The molecule has 3 aromatic carbocycles. The van der Waals surface area contributed by atoms with E-state index in [0.717, 1.165) is 17.7 Å². The quantitative estimate of drug-likeness (QED) is 0.219. The summed E-state index contributed by atoms with van der Waals surface area (Å²) in [6.07, 6.45) is -4.89. The SMILES string of the molecule is O=C(Nc1cc(CNCc2ccccc2)nc2c1C(c1cc(F)ccc1Cl)NC2=O)c1cc(F)cc(C(F)(F)F)c1. The number of benzene rings is 3. The van der Waals surface area contributed by atoms with E-state index in [-0.39, 0.29) is 40.1 Å². The molecule has 41 heavy (non-hydrogen) atoms. The zero-order valence-corrected chi connectivity index (χ0v) is 21.7. The molecule has 1 atom stereocenters. The van der Waals surface area contributed by atoms with E-state index in [9.17, 15) is 31.5 Å². The number of nitrogens with one attached hydrogen (secondary N) is 3. The van der Waals surface area contributed by atoms with Gasteiger partial charge in [0.1, 0.15) is 17.3 Å². The molecule has 0 aliphatic carbocycles. The second-order valence-electron chi connectivity index (χ2n) is 9.27. The molecule has 1 unspecified atom stereocenters. The molecule has 0 fully saturated rings. The van der Waals surface area contributed by atoms with E-state index in [4.69, 9.17) is 11.6 Å². The van der Waals surface area contributed by atoms with E-state index in [1.54, 1.807) is 0 Å². The van der Waals surface area contributed by atoms with Crippen molar-refractivity contribution in [1.82, 2.24) is 15.6 Å². The molecule has 0 spiro atoms. The van der Waals surface area contributed by atoms with Gasteiger partial charge >= 0.3 is 6.18 Å². The molecule has 1 aliphatic heterocycles. The van der Waals surface area contributed by atoms with E-state index >= 15 is 0 Å². The number of anilines is 1. The van der Waals surface area contributed by atoms with Crippen LogP contribution in [0.4, 0.5) is 27.6 Å². The Labute approximate surface area is 235 Å². The Kier molecular flexibility index (Phi) is 7.74. The van der Waals surface area contributed by atoms with E-state index in [2.05, 4.69) is 20.9 Å². The van der Waals surface area contributed by atoms with Gasteiger partial charge in [-0.05, 0) is 48.0 Å². The molecule has 0 radical (unpaired) electrons. The highest BCUT2D eigenvalue weighted by Gasteiger charge is 2.37. The summed E-state index contributed by atoms with van der Waals surface area (Å²) in [6.45, 7) is 0.612. The number of aromatic nitrogens is 1. The molecule has 5 rings (SSSR count). The summed E-state index contributed by atoms with van der Waals surface area (Å²) in [5, 5.41) is 8.46. The molecule has 2 amide bonds. The third kappa shape index (κ3) is 6.21. The molecule has 210 valence electrons. The van der Waals surface area contributed by atoms with Crippen LogP contribution >= 0.6 is 11.6 Å². The molecular formula is C29H20ClF5N4O2. The monoisotopic (exact) mass is 586 g/mol. The summed E-state index contributed by atoms with van der Waals surface area (Å²) in [6, 6.07) is 14.9. The average Bonchev–Trinajstić information content (AvgIpc) is 3.26. The molecule has 1 aromatic heterocycles. The fourth-order valence-corrected chi connectivity index (χ4v) is 4.74. The van der Waals surface area contributed by atoms with Crippen LogP contribution in [0.15, 0.2) is 72.8 Å². The zero-order chi connectivity index (χ0) is 29.3. The van der Waals surface area contributed by atoms with Crippen LogP contribution in [-0.2, 0) is 19.3 Å². The first kappa shape index (κ1) is 28.2. The van der Waals surface area contributed by atoms with Crippen molar-refractivity contribution in [2.75, 3.05) is 5.32 Å². The predicted molar refractivity (Wildman–Crippen MR) is 141 cm³/mol. The zero-order valence-electron chi connectivity index (χ0n) is 21.0. The van der Waals surface area contributed by atoms with Crippen LogP contribution in [0.5, 0.6) is 0 Å². The number of amides is 2. The topological polar surface area (TPSA) is 83.1 Å². The van der Waals surface area contributed by atoms with Crippen LogP contribution in [0.3, 0.4) is 0 Å². The Balaban J connectivity index is 1.54. The number of nitrogens with zero attached hydrogens (tertiary/aromatic N) is 1. The molecule has 6 nitrogen and oxygen atoms in total.